The average Bonchev–Trinajstić information content (AvgIpc) is 2.44. The number of hydrogen-bond acceptors (Lipinski definition) is 3. The zero-order chi connectivity index (χ0) is 10.8. The van der Waals surface area contributed by atoms with Crippen molar-refractivity contribution in [2.24, 2.45) is 12.5 Å². The Labute approximate surface area is 88.4 Å². The molecule has 0 saturated heterocycles. The maximum atomic E-state index is 9.03. The van der Waals surface area contributed by atoms with E-state index in [1.54, 1.807) is 11.7 Å². The summed E-state index contributed by atoms with van der Waals surface area (Å²) in [6.07, 6.45) is 1.53. The summed E-state index contributed by atoms with van der Waals surface area (Å²) in [6.45, 7) is 4.31. The van der Waals surface area contributed by atoms with Gasteiger partial charge in [0.15, 0.2) is 0 Å². The lowest BCUT2D eigenvalue weighted by Gasteiger charge is -2.21. The van der Waals surface area contributed by atoms with E-state index in [0.717, 1.165) is 0 Å². The van der Waals surface area contributed by atoms with Crippen LogP contribution >= 0.6 is 11.6 Å². The topological polar surface area (TPSA) is 47.3 Å². The summed E-state index contributed by atoms with van der Waals surface area (Å²) in [4.78, 5) is 0. The van der Waals surface area contributed by atoms with E-state index in [-0.39, 0.29) is 12.0 Å². The lowest BCUT2D eigenvalue weighted by molar-refractivity contribution is 0.0928. The van der Waals surface area contributed by atoms with Crippen LogP contribution in [0.2, 0.25) is 5.02 Å². The molecule has 0 amide bonds. The number of ether oxygens (including phenoxy) is 1. The number of aliphatic hydroxyl groups excluding tert-OH is 1. The van der Waals surface area contributed by atoms with Gasteiger partial charge in [-0.25, -0.2) is 4.68 Å². The molecule has 5 heteroatoms. The van der Waals surface area contributed by atoms with Crippen LogP contribution in [-0.4, -0.2) is 28.1 Å². The molecule has 0 aromatic carbocycles. The van der Waals surface area contributed by atoms with Crippen LogP contribution in [0.15, 0.2) is 6.20 Å². The highest BCUT2D eigenvalue weighted by molar-refractivity contribution is 6.31. The molecule has 0 spiro atoms. The van der Waals surface area contributed by atoms with Crippen molar-refractivity contribution in [3.05, 3.63) is 11.2 Å². The van der Waals surface area contributed by atoms with Gasteiger partial charge >= 0.3 is 0 Å². The van der Waals surface area contributed by atoms with Crippen LogP contribution < -0.4 is 4.74 Å². The molecular weight excluding hydrogens is 204 g/mol. The molecule has 0 unspecified atom stereocenters. The highest BCUT2D eigenvalue weighted by Gasteiger charge is 2.19. The van der Waals surface area contributed by atoms with Crippen LogP contribution in [0.1, 0.15) is 13.8 Å². The summed E-state index contributed by atoms with van der Waals surface area (Å²) in [5.41, 5.74) is -0.270. The molecule has 1 aromatic heterocycles. The van der Waals surface area contributed by atoms with Crippen molar-refractivity contribution in [2.75, 3.05) is 13.2 Å². The summed E-state index contributed by atoms with van der Waals surface area (Å²) in [5, 5.41) is 13.5. The summed E-state index contributed by atoms with van der Waals surface area (Å²) < 4.78 is 7.04. The lowest BCUT2D eigenvalue weighted by Crippen LogP contribution is -2.26. The zero-order valence-corrected chi connectivity index (χ0v) is 9.38. The Bertz CT molecular complexity index is 290. The Morgan fingerprint density at radius 3 is 2.71 bits per heavy atom. The summed E-state index contributed by atoms with van der Waals surface area (Å²) in [7, 11) is 1.76. The molecule has 0 aliphatic heterocycles. The molecule has 4 nitrogen and oxygen atoms in total. The van der Waals surface area contributed by atoms with Crippen LogP contribution in [-0.2, 0) is 7.05 Å². The van der Waals surface area contributed by atoms with E-state index in [1.807, 2.05) is 13.8 Å². The minimum Gasteiger partial charge on any atom is -0.476 e. The summed E-state index contributed by atoms with van der Waals surface area (Å²) in [6, 6.07) is 0. The van der Waals surface area contributed by atoms with Gasteiger partial charge in [-0.05, 0) is 0 Å². The maximum absolute atomic E-state index is 9.03. The lowest BCUT2D eigenvalue weighted by atomic mass is 9.97. The first-order valence-corrected chi connectivity index (χ1v) is 4.75. The van der Waals surface area contributed by atoms with Crippen LogP contribution in [0.25, 0.3) is 0 Å². The number of rotatable bonds is 4. The Morgan fingerprint density at radius 2 is 2.29 bits per heavy atom. The van der Waals surface area contributed by atoms with E-state index in [2.05, 4.69) is 5.10 Å². The van der Waals surface area contributed by atoms with E-state index in [9.17, 15) is 0 Å². The van der Waals surface area contributed by atoms with Crippen molar-refractivity contribution in [3.8, 4) is 5.88 Å². The molecule has 0 fully saturated rings. The zero-order valence-electron chi connectivity index (χ0n) is 8.62. The molecule has 0 saturated carbocycles. The molecule has 0 atom stereocenters. The number of hydrogen-bond donors (Lipinski definition) is 1. The monoisotopic (exact) mass is 218 g/mol. The third-order valence-corrected chi connectivity index (χ3v) is 2.13. The van der Waals surface area contributed by atoms with Crippen molar-refractivity contribution in [3.63, 3.8) is 0 Å². The molecular formula is C9H15ClN2O2. The third kappa shape index (κ3) is 2.62. The number of aliphatic hydroxyl groups is 1. The normalized spacial score (nSPS) is 11.8. The minimum absolute atomic E-state index is 0.0719. The second-order valence-electron chi connectivity index (χ2n) is 4.03. The molecule has 0 radical (unpaired) electrons. The highest BCUT2D eigenvalue weighted by atomic mass is 35.5. The molecule has 0 aliphatic carbocycles. The number of aryl methyl sites for hydroxylation is 1. The molecule has 1 heterocycles. The van der Waals surface area contributed by atoms with Gasteiger partial charge in [0.25, 0.3) is 0 Å². The van der Waals surface area contributed by atoms with Crippen LogP contribution in [0.4, 0.5) is 0 Å². The Hall–Kier alpha value is -0.740. The summed E-state index contributed by atoms with van der Waals surface area (Å²) >= 11 is 5.85. The van der Waals surface area contributed by atoms with Crippen molar-refractivity contribution in [2.45, 2.75) is 13.8 Å². The van der Waals surface area contributed by atoms with Crippen molar-refractivity contribution in [1.29, 1.82) is 0 Å². The molecule has 0 aliphatic rings. The van der Waals surface area contributed by atoms with E-state index < -0.39 is 0 Å². The van der Waals surface area contributed by atoms with Crippen molar-refractivity contribution >= 4 is 11.6 Å². The fourth-order valence-corrected chi connectivity index (χ4v) is 1.09. The van der Waals surface area contributed by atoms with Gasteiger partial charge in [0.2, 0.25) is 5.88 Å². The maximum Gasteiger partial charge on any atom is 0.230 e. The minimum atomic E-state index is -0.270. The molecule has 1 aromatic rings. The quantitative estimate of drug-likeness (QED) is 0.833. The van der Waals surface area contributed by atoms with E-state index in [4.69, 9.17) is 21.4 Å². The third-order valence-electron chi connectivity index (χ3n) is 1.87. The first-order chi connectivity index (χ1) is 6.46. The molecule has 80 valence electrons. The molecule has 0 bridgehead atoms. The van der Waals surface area contributed by atoms with Gasteiger partial charge < -0.3 is 9.84 Å². The van der Waals surface area contributed by atoms with Gasteiger partial charge in [-0.3, -0.25) is 0 Å². The first kappa shape index (κ1) is 11.3. The van der Waals surface area contributed by atoms with Crippen molar-refractivity contribution < 1.29 is 9.84 Å². The van der Waals surface area contributed by atoms with Crippen LogP contribution in [0, 0.1) is 5.41 Å². The smallest absolute Gasteiger partial charge is 0.230 e. The highest BCUT2D eigenvalue weighted by Crippen LogP contribution is 2.24. The van der Waals surface area contributed by atoms with Gasteiger partial charge in [0.1, 0.15) is 5.02 Å². The average molecular weight is 219 g/mol. The second kappa shape index (κ2) is 4.19. The Balaban J connectivity index is 2.62. The van der Waals surface area contributed by atoms with Crippen LogP contribution in [0.3, 0.4) is 0 Å². The van der Waals surface area contributed by atoms with Gasteiger partial charge in [0.05, 0.1) is 19.4 Å². The van der Waals surface area contributed by atoms with Gasteiger partial charge in [0, 0.05) is 12.5 Å². The van der Waals surface area contributed by atoms with Gasteiger partial charge in [-0.15, -0.1) is 0 Å². The molecule has 14 heavy (non-hydrogen) atoms. The summed E-state index contributed by atoms with van der Waals surface area (Å²) in [5.74, 6) is 0.535. The Kier molecular flexibility index (Phi) is 3.39. The Morgan fingerprint density at radius 1 is 1.64 bits per heavy atom. The predicted octanol–water partition coefficient (Wildman–Crippen LogP) is 1.47. The predicted molar refractivity (Wildman–Crippen MR) is 54.6 cm³/mol. The van der Waals surface area contributed by atoms with Crippen molar-refractivity contribution in [1.82, 2.24) is 9.78 Å². The van der Waals surface area contributed by atoms with Crippen LogP contribution in [0.5, 0.6) is 5.88 Å². The van der Waals surface area contributed by atoms with E-state index >= 15 is 0 Å². The van der Waals surface area contributed by atoms with Gasteiger partial charge in [-0.1, -0.05) is 25.4 Å². The first-order valence-electron chi connectivity index (χ1n) is 4.37. The van der Waals surface area contributed by atoms with Gasteiger partial charge in [-0.2, -0.15) is 5.10 Å². The number of halogens is 1. The van der Waals surface area contributed by atoms with E-state index in [0.29, 0.717) is 17.5 Å². The van der Waals surface area contributed by atoms with E-state index in [1.165, 1.54) is 6.20 Å². The second-order valence-corrected chi connectivity index (χ2v) is 4.44. The number of nitrogens with zero attached hydrogens (tertiary/aromatic N) is 2. The SMILES string of the molecule is Cn1ncc(Cl)c1OCC(C)(C)CO. The molecule has 1 N–H and O–H groups in total. The largest absolute Gasteiger partial charge is 0.476 e. The fraction of sp³-hybridized carbons (Fsp3) is 0.667. The fourth-order valence-electron chi connectivity index (χ4n) is 0.871. The number of aromatic nitrogens is 2. The standard InChI is InChI=1S/C9H15ClN2O2/c1-9(2,5-13)6-14-8-7(10)4-11-12(8)3/h4,13H,5-6H2,1-3H3. The molecule has 1 rings (SSSR count).